The maximum absolute atomic E-state index is 4.44. The van der Waals surface area contributed by atoms with E-state index in [0.29, 0.717) is 0 Å². The molecule has 3 rings (SSSR count). The third-order valence-electron chi connectivity index (χ3n) is 3.44. The van der Waals surface area contributed by atoms with E-state index in [1.165, 1.54) is 31.4 Å². The van der Waals surface area contributed by atoms with Crippen molar-refractivity contribution in [2.45, 2.75) is 31.6 Å². The average molecular weight is 159 g/mol. The Balaban J connectivity index is 2.09. The molecular weight excluding hydrogens is 146 g/mol. The van der Waals surface area contributed by atoms with Crippen molar-refractivity contribution in [3.63, 3.8) is 0 Å². The molecule has 0 N–H and O–H groups in total. The van der Waals surface area contributed by atoms with Crippen LogP contribution in [-0.2, 0) is 6.42 Å². The summed E-state index contributed by atoms with van der Waals surface area (Å²) in [6.45, 7) is 0. The van der Waals surface area contributed by atoms with E-state index in [9.17, 15) is 0 Å². The Kier molecular flexibility index (Phi) is 1.28. The van der Waals surface area contributed by atoms with Gasteiger partial charge in [-0.05, 0) is 42.7 Å². The molecule has 2 unspecified atom stereocenters. The molecule has 2 aliphatic carbocycles. The highest BCUT2D eigenvalue weighted by molar-refractivity contribution is 5.31. The van der Waals surface area contributed by atoms with Crippen LogP contribution in [0.5, 0.6) is 0 Å². The van der Waals surface area contributed by atoms with Crippen LogP contribution in [0.3, 0.4) is 0 Å². The van der Waals surface area contributed by atoms with Crippen molar-refractivity contribution in [1.82, 2.24) is 4.98 Å². The van der Waals surface area contributed by atoms with E-state index < -0.39 is 0 Å². The van der Waals surface area contributed by atoms with Gasteiger partial charge >= 0.3 is 0 Å². The number of aromatic nitrogens is 1. The molecule has 1 saturated carbocycles. The minimum atomic E-state index is 0.869. The molecule has 1 heteroatoms. The topological polar surface area (TPSA) is 12.9 Å². The van der Waals surface area contributed by atoms with E-state index in [1.807, 2.05) is 6.20 Å². The molecule has 0 aliphatic heterocycles. The fourth-order valence-electron chi connectivity index (χ4n) is 2.90. The smallest absolute Gasteiger partial charge is 0.0441 e. The molecule has 0 aromatic carbocycles. The molecule has 0 radical (unpaired) electrons. The molecular formula is C11H13N. The predicted molar refractivity (Wildman–Crippen MR) is 48.0 cm³/mol. The average Bonchev–Trinajstić information content (AvgIpc) is 2.62. The monoisotopic (exact) mass is 159 g/mol. The lowest BCUT2D eigenvalue weighted by Crippen LogP contribution is -1.97. The molecule has 0 spiro atoms. The van der Waals surface area contributed by atoms with E-state index in [-0.39, 0.29) is 0 Å². The Morgan fingerprint density at radius 1 is 1.33 bits per heavy atom. The first-order valence-corrected chi connectivity index (χ1v) is 4.89. The summed E-state index contributed by atoms with van der Waals surface area (Å²) in [5, 5.41) is 0. The van der Waals surface area contributed by atoms with E-state index in [1.54, 1.807) is 5.56 Å². The molecule has 2 aliphatic rings. The summed E-state index contributed by atoms with van der Waals surface area (Å²) < 4.78 is 0. The molecule has 1 aromatic heterocycles. The second-order valence-electron chi connectivity index (χ2n) is 4.04. The molecule has 0 bridgehead atoms. The van der Waals surface area contributed by atoms with Gasteiger partial charge in [-0.25, -0.2) is 0 Å². The van der Waals surface area contributed by atoms with Gasteiger partial charge in [-0.3, -0.25) is 4.98 Å². The zero-order chi connectivity index (χ0) is 7.97. The summed E-state index contributed by atoms with van der Waals surface area (Å²) in [5.41, 5.74) is 2.94. The molecule has 1 fully saturated rings. The Morgan fingerprint density at radius 3 is 3.33 bits per heavy atom. The highest BCUT2D eigenvalue weighted by Gasteiger charge is 2.36. The summed E-state index contributed by atoms with van der Waals surface area (Å²) in [6, 6.07) is 4.36. The van der Waals surface area contributed by atoms with Gasteiger partial charge in [0.15, 0.2) is 0 Å². The predicted octanol–water partition coefficient (Wildman–Crippen LogP) is 2.52. The van der Waals surface area contributed by atoms with E-state index >= 15 is 0 Å². The van der Waals surface area contributed by atoms with Gasteiger partial charge in [0.05, 0.1) is 0 Å². The van der Waals surface area contributed by atoms with Crippen molar-refractivity contribution in [3.05, 3.63) is 29.6 Å². The van der Waals surface area contributed by atoms with E-state index in [2.05, 4.69) is 17.1 Å². The number of rotatable bonds is 0. The van der Waals surface area contributed by atoms with Gasteiger partial charge in [-0.1, -0.05) is 12.5 Å². The normalized spacial score (nSPS) is 31.7. The first-order valence-electron chi connectivity index (χ1n) is 4.89. The van der Waals surface area contributed by atoms with Crippen LogP contribution in [-0.4, -0.2) is 4.98 Å². The SMILES string of the molecule is c1cnc2c(c1)C1CCCC1C2. The van der Waals surface area contributed by atoms with Gasteiger partial charge in [0, 0.05) is 11.9 Å². The Labute approximate surface area is 72.8 Å². The highest BCUT2D eigenvalue weighted by atomic mass is 14.7. The summed E-state index contributed by atoms with van der Waals surface area (Å²) in [4.78, 5) is 4.44. The van der Waals surface area contributed by atoms with Crippen LogP contribution in [0.25, 0.3) is 0 Å². The summed E-state index contributed by atoms with van der Waals surface area (Å²) in [7, 11) is 0. The minimum Gasteiger partial charge on any atom is -0.261 e. The van der Waals surface area contributed by atoms with Crippen LogP contribution < -0.4 is 0 Å². The standard InChI is InChI=1S/C11H13N/c1-3-8-7-11-10(9(8)4-1)5-2-6-12-11/h2,5-6,8-9H,1,3-4,7H2. The minimum absolute atomic E-state index is 0.869. The van der Waals surface area contributed by atoms with Gasteiger partial charge in [0.2, 0.25) is 0 Å². The molecule has 1 nitrogen and oxygen atoms in total. The third kappa shape index (κ3) is 0.767. The van der Waals surface area contributed by atoms with Crippen molar-refractivity contribution >= 4 is 0 Å². The van der Waals surface area contributed by atoms with Gasteiger partial charge in [0.1, 0.15) is 0 Å². The van der Waals surface area contributed by atoms with Gasteiger partial charge in [0.25, 0.3) is 0 Å². The zero-order valence-corrected chi connectivity index (χ0v) is 7.16. The number of pyridine rings is 1. The van der Waals surface area contributed by atoms with Crippen molar-refractivity contribution in [1.29, 1.82) is 0 Å². The highest BCUT2D eigenvalue weighted by Crippen LogP contribution is 2.47. The van der Waals surface area contributed by atoms with Crippen molar-refractivity contribution in [2.24, 2.45) is 5.92 Å². The van der Waals surface area contributed by atoms with Crippen molar-refractivity contribution in [3.8, 4) is 0 Å². The molecule has 0 saturated heterocycles. The van der Waals surface area contributed by atoms with Gasteiger partial charge < -0.3 is 0 Å². The largest absolute Gasteiger partial charge is 0.261 e. The van der Waals surface area contributed by atoms with Crippen molar-refractivity contribution < 1.29 is 0 Å². The molecule has 2 atom stereocenters. The molecule has 12 heavy (non-hydrogen) atoms. The first-order chi connectivity index (χ1) is 5.95. The summed E-state index contributed by atoms with van der Waals surface area (Å²) in [6.07, 6.45) is 7.45. The Bertz CT molecular complexity index is 306. The van der Waals surface area contributed by atoms with Crippen LogP contribution in [0, 0.1) is 5.92 Å². The molecule has 1 heterocycles. The van der Waals surface area contributed by atoms with Gasteiger partial charge in [-0.15, -0.1) is 0 Å². The quantitative estimate of drug-likeness (QED) is 0.567. The lowest BCUT2D eigenvalue weighted by molar-refractivity contribution is 0.525. The zero-order valence-electron chi connectivity index (χ0n) is 7.16. The number of hydrogen-bond donors (Lipinski definition) is 0. The Hall–Kier alpha value is -0.850. The number of hydrogen-bond acceptors (Lipinski definition) is 1. The number of fused-ring (bicyclic) bond motifs is 3. The van der Waals surface area contributed by atoms with Crippen LogP contribution in [0.2, 0.25) is 0 Å². The molecule has 0 amide bonds. The van der Waals surface area contributed by atoms with Crippen molar-refractivity contribution in [2.75, 3.05) is 0 Å². The number of nitrogens with zero attached hydrogens (tertiary/aromatic N) is 1. The lowest BCUT2D eigenvalue weighted by Gasteiger charge is -2.07. The Morgan fingerprint density at radius 2 is 2.33 bits per heavy atom. The summed E-state index contributed by atoms with van der Waals surface area (Å²) >= 11 is 0. The molecule has 62 valence electrons. The maximum atomic E-state index is 4.44. The van der Waals surface area contributed by atoms with Crippen LogP contribution in [0.1, 0.15) is 36.4 Å². The fourth-order valence-corrected chi connectivity index (χ4v) is 2.90. The summed E-state index contributed by atoms with van der Waals surface area (Å²) in [5.74, 6) is 1.81. The first kappa shape index (κ1) is 6.64. The second-order valence-corrected chi connectivity index (χ2v) is 4.04. The fraction of sp³-hybridized carbons (Fsp3) is 0.545. The van der Waals surface area contributed by atoms with Crippen LogP contribution in [0.15, 0.2) is 18.3 Å². The lowest BCUT2D eigenvalue weighted by atomic mass is 9.97. The van der Waals surface area contributed by atoms with Crippen LogP contribution in [0.4, 0.5) is 0 Å². The maximum Gasteiger partial charge on any atom is 0.0441 e. The third-order valence-corrected chi connectivity index (χ3v) is 3.44. The van der Waals surface area contributed by atoms with E-state index in [0.717, 1.165) is 11.8 Å². The second kappa shape index (κ2) is 2.32. The van der Waals surface area contributed by atoms with Gasteiger partial charge in [-0.2, -0.15) is 0 Å². The van der Waals surface area contributed by atoms with Crippen LogP contribution >= 0.6 is 0 Å². The van der Waals surface area contributed by atoms with E-state index in [4.69, 9.17) is 0 Å². The molecule has 1 aromatic rings.